The molecule has 0 saturated carbocycles. The molecule has 0 spiro atoms. The molecule has 6 rings (SSSR count). The molecule has 0 aromatic heterocycles. The van der Waals surface area contributed by atoms with Crippen molar-refractivity contribution in [1.82, 2.24) is 0 Å². The van der Waals surface area contributed by atoms with Crippen LogP contribution in [0, 0.1) is 0 Å². The van der Waals surface area contributed by atoms with E-state index in [1.165, 1.54) is 29.4 Å². The largest absolute Gasteiger partial charge is 0.490 e. The Bertz CT molecular complexity index is 1430. The van der Waals surface area contributed by atoms with Crippen molar-refractivity contribution in [2.75, 3.05) is 13.2 Å². The highest BCUT2D eigenvalue weighted by Crippen LogP contribution is 2.33. The van der Waals surface area contributed by atoms with Gasteiger partial charge in [-0.15, -0.1) is 0 Å². The number of ether oxygens (including phenoxy) is 2. The molecular formula is C38H32O2S2+2. The van der Waals surface area contributed by atoms with E-state index >= 15 is 0 Å². The van der Waals surface area contributed by atoms with E-state index in [1.54, 1.807) is 0 Å². The lowest BCUT2D eigenvalue weighted by molar-refractivity contribution is 0.217. The molecule has 2 nitrogen and oxygen atoms in total. The van der Waals surface area contributed by atoms with Crippen LogP contribution in [0.3, 0.4) is 0 Å². The van der Waals surface area contributed by atoms with Gasteiger partial charge in [-0.3, -0.25) is 0 Å². The van der Waals surface area contributed by atoms with E-state index < -0.39 is 0 Å². The fourth-order valence-electron chi connectivity index (χ4n) is 4.71. The summed E-state index contributed by atoms with van der Waals surface area (Å²) in [6, 6.07) is 59.7. The second kappa shape index (κ2) is 14.0. The maximum Gasteiger partial charge on any atom is 0.166 e. The van der Waals surface area contributed by atoms with Gasteiger partial charge in [-0.05, 0) is 97.1 Å². The molecular weight excluding hydrogens is 553 g/mol. The maximum atomic E-state index is 6.03. The third-order valence-electron chi connectivity index (χ3n) is 6.66. The van der Waals surface area contributed by atoms with Gasteiger partial charge in [-0.25, -0.2) is 0 Å². The fraction of sp³-hybridized carbons (Fsp3) is 0.0526. The summed E-state index contributed by atoms with van der Waals surface area (Å²) in [6.07, 6.45) is 0. The van der Waals surface area contributed by atoms with Crippen molar-refractivity contribution in [1.29, 1.82) is 0 Å². The molecule has 0 aliphatic carbocycles. The Morgan fingerprint density at radius 1 is 0.286 bits per heavy atom. The number of hydrogen-bond acceptors (Lipinski definition) is 2. The van der Waals surface area contributed by atoms with Crippen LogP contribution in [0.15, 0.2) is 199 Å². The van der Waals surface area contributed by atoms with Crippen molar-refractivity contribution in [2.24, 2.45) is 0 Å². The molecule has 206 valence electrons. The third-order valence-corrected chi connectivity index (χ3v) is 11.1. The zero-order valence-electron chi connectivity index (χ0n) is 23.2. The SMILES string of the molecule is c1ccc([S+](c2ccccc2)c2ccc(OCCOc3ccc([S+](c4ccccc4)c4ccccc4)cc3)cc2)cc1. The van der Waals surface area contributed by atoms with Crippen LogP contribution in [-0.2, 0) is 21.8 Å². The Hall–Kier alpha value is -4.38. The van der Waals surface area contributed by atoms with Crippen LogP contribution in [0.25, 0.3) is 0 Å². The van der Waals surface area contributed by atoms with Gasteiger partial charge in [-0.2, -0.15) is 0 Å². The summed E-state index contributed by atoms with van der Waals surface area (Å²) in [6.45, 7) is 0.950. The highest BCUT2D eigenvalue weighted by atomic mass is 32.2. The van der Waals surface area contributed by atoms with Crippen molar-refractivity contribution in [3.63, 3.8) is 0 Å². The van der Waals surface area contributed by atoms with Crippen molar-refractivity contribution < 1.29 is 9.47 Å². The normalized spacial score (nSPS) is 11.0. The van der Waals surface area contributed by atoms with Crippen LogP contribution in [0.1, 0.15) is 0 Å². The number of hydrogen-bond donors (Lipinski definition) is 0. The lowest BCUT2D eigenvalue weighted by Gasteiger charge is -2.11. The summed E-state index contributed by atoms with van der Waals surface area (Å²) in [7, 11) is -0.330. The Labute approximate surface area is 254 Å². The van der Waals surface area contributed by atoms with Gasteiger partial charge in [0.25, 0.3) is 0 Å². The predicted molar refractivity (Wildman–Crippen MR) is 174 cm³/mol. The van der Waals surface area contributed by atoms with Crippen molar-refractivity contribution in [3.8, 4) is 11.5 Å². The Balaban J connectivity index is 1.07. The van der Waals surface area contributed by atoms with E-state index in [0.29, 0.717) is 13.2 Å². The number of benzene rings is 6. The van der Waals surface area contributed by atoms with Crippen LogP contribution in [-0.4, -0.2) is 13.2 Å². The minimum absolute atomic E-state index is 0.165. The van der Waals surface area contributed by atoms with Gasteiger partial charge < -0.3 is 9.47 Å². The van der Waals surface area contributed by atoms with Gasteiger partial charge in [0.1, 0.15) is 24.7 Å². The summed E-state index contributed by atoms with van der Waals surface area (Å²) in [5, 5.41) is 0. The van der Waals surface area contributed by atoms with Gasteiger partial charge >= 0.3 is 0 Å². The summed E-state index contributed by atoms with van der Waals surface area (Å²) in [5.74, 6) is 1.69. The molecule has 0 aliphatic heterocycles. The molecule has 42 heavy (non-hydrogen) atoms. The first-order valence-corrected chi connectivity index (χ1v) is 16.4. The van der Waals surface area contributed by atoms with E-state index in [2.05, 4.69) is 170 Å². The van der Waals surface area contributed by atoms with E-state index in [9.17, 15) is 0 Å². The minimum atomic E-state index is -0.165. The van der Waals surface area contributed by atoms with Gasteiger partial charge in [0.05, 0.1) is 21.8 Å². The fourth-order valence-corrected chi connectivity index (χ4v) is 8.87. The topological polar surface area (TPSA) is 18.5 Å². The second-order valence-corrected chi connectivity index (χ2v) is 13.6. The predicted octanol–water partition coefficient (Wildman–Crippen LogP) is 9.34. The highest BCUT2D eigenvalue weighted by Gasteiger charge is 2.29. The highest BCUT2D eigenvalue weighted by molar-refractivity contribution is 7.97. The molecule has 0 atom stereocenters. The van der Waals surface area contributed by atoms with Crippen molar-refractivity contribution in [2.45, 2.75) is 29.4 Å². The molecule has 6 aromatic carbocycles. The first-order chi connectivity index (χ1) is 20.8. The lowest BCUT2D eigenvalue weighted by Crippen LogP contribution is -2.09. The van der Waals surface area contributed by atoms with E-state index in [0.717, 1.165) is 11.5 Å². The van der Waals surface area contributed by atoms with Crippen LogP contribution in [0.2, 0.25) is 0 Å². The lowest BCUT2D eigenvalue weighted by atomic mass is 10.3. The maximum absolute atomic E-state index is 6.03. The van der Waals surface area contributed by atoms with E-state index in [1.807, 2.05) is 0 Å². The average Bonchev–Trinajstić information content (AvgIpc) is 3.07. The molecule has 0 bridgehead atoms. The van der Waals surface area contributed by atoms with E-state index in [-0.39, 0.29) is 21.8 Å². The monoisotopic (exact) mass is 584 g/mol. The van der Waals surface area contributed by atoms with Gasteiger partial charge in [0, 0.05) is 0 Å². The Morgan fingerprint density at radius 3 is 0.786 bits per heavy atom. The smallest absolute Gasteiger partial charge is 0.166 e. The second-order valence-electron chi connectivity index (χ2n) is 9.50. The van der Waals surface area contributed by atoms with Crippen LogP contribution < -0.4 is 9.47 Å². The zero-order valence-corrected chi connectivity index (χ0v) is 24.8. The molecule has 0 unspecified atom stereocenters. The molecule has 6 aromatic rings. The Morgan fingerprint density at radius 2 is 0.524 bits per heavy atom. The van der Waals surface area contributed by atoms with Gasteiger partial charge in [0.15, 0.2) is 29.4 Å². The van der Waals surface area contributed by atoms with Gasteiger partial charge in [0.2, 0.25) is 0 Å². The Kier molecular flexibility index (Phi) is 9.25. The third kappa shape index (κ3) is 6.91. The minimum Gasteiger partial charge on any atom is -0.490 e. The quantitative estimate of drug-likeness (QED) is 0.112. The first kappa shape index (κ1) is 27.8. The molecule has 0 amide bonds. The average molecular weight is 585 g/mol. The molecule has 0 heterocycles. The molecule has 4 heteroatoms. The summed E-state index contributed by atoms with van der Waals surface area (Å²) in [5.41, 5.74) is 0. The molecule has 0 aliphatic rings. The standard InChI is InChI=1S/C38H32O2S2/c1-5-13-33(14-6-1)41(34-15-7-2-8-16-34)37-25-21-31(22-26-37)39-29-30-40-32-23-27-38(28-24-32)42(35-17-9-3-10-18-35)36-19-11-4-12-20-36/h1-28H,29-30H2/q+2. The molecule has 0 N–H and O–H groups in total. The molecule has 0 saturated heterocycles. The summed E-state index contributed by atoms with van der Waals surface area (Å²) < 4.78 is 12.1. The van der Waals surface area contributed by atoms with Crippen LogP contribution in [0.4, 0.5) is 0 Å². The summed E-state index contributed by atoms with van der Waals surface area (Å²) >= 11 is 0. The first-order valence-electron chi connectivity index (χ1n) is 14.0. The van der Waals surface area contributed by atoms with Gasteiger partial charge in [-0.1, -0.05) is 72.8 Å². The van der Waals surface area contributed by atoms with Crippen LogP contribution >= 0.6 is 0 Å². The van der Waals surface area contributed by atoms with Crippen molar-refractivity contribution in [3.05, 3.63) is 170 Å². The molecule has 0 radical (unpaired) electrons. The summed E-state index contributed by atoms with van der Waals surface area (Å²) in [4.78, 5) is 7.74. The molecule has 0 fully saturated rings. The number of rotatable bonds is 11. The zero-order chi connectivity index (χ0) is 28.4. The van der Waals surface area contributed by atoms with E-state index in [4.69, 9.17) is 9.47 Å². The van der Waals surface area contributed by atoms with Crippen molar-refractivity contribution >= 4 is 21.8 Å². The van der Waals surface area contributed by atoms with Crippen LogP contribution in [0.5, 0.6) is 11.5 Å².